The first kappa shape index (κ1) is 22.6. The van der Waals surface area contributed by atoms with E-state index < -0.39 is 0 Å². The van der Waals surface area contributed by atoms with Crippen LogP contribution in [0.3, 0.4) is 0 Å². The summed E-state index contributed by atoms with van der Waals surface area (Å²) in [4.78, 5) is 26.9. The lowest BCUT2D eigenvalue weighted by molar-refractivity contribution is -0.117. The van der Waals surface area contributed by atoms with Crippen molar-refractivity contribution >= 4 is 17.5 Å². The molecule has 5 nitrogen and oxygen atoms in total. The van der Waals surface area contributed by atoms with Crippen molar-refractivity contribution in [2.75, 3.05) is 18.4 Å². The van der Waals surface area contributed by atoms with Crippen LogP contribution in [0.5, 0.6) is 0 Å². The summed E-state index contributed by atoms with van der Waals surface area (Å²) < 4.78 is 0. The zero-order valence-corrected chi connectivity index (χ0v) is 18.2. The number of aryl methyl sites for hydroxylation is 1. The molecule has 0 aliphatic rings. The van der Waals surface area contributed by atoms with E-state index in [0.717, 1.165) is 12.0 Å². The van der Waals surface area contributed by atoms with E-state index in [2.05, 4.69) is 41.8 Å². The molecule has 0 aliphatic carbocycles. The Balaban J connectivity index is 1.99. The molecule has 2 amide bonds. The number of hydrogen-bond acceptors (Lipinski definition) is 3. The summed E-state index contributed by atoms with van der Waals surface area (Å²) in [6.07, 6.45) is 1.01. The van der Waals surface area contributed by atoms with Crippen LogP contribution < -0.4 is 10.6 Å². The average molecular weight is 396 g/mol. The number of anilines is 1. The van der Waals surface area contributed by atoms with Gasteiger partial charge in [-0.25, -0.2) is 0 Å². The Morgan fingerprint density at radius 2 is 1.62 bits per heavy atom. The third-order valence-electron chi connectivity index (χ3n) is 5.21. The number of hydrogen-bond donors (Lipinski definition) is 2. The molecule has 5 heteroatoms. The van der Waals surface area contributed by atoms with Gasteiger partial charge in [-0.1, -0.05) is 37.3 Å². The van der Waals surface area contributed by atoms with Crippen molar-refractivity contribution in [2.45, 2.75) is 53.1 Å². The summed E-state index contributed by atoms with van der Waals surface area (Å²) in [5.74, 6) is -0.157. The first-order valence-electron chi connectivity index (χ1n) is 10.4. The molecule has 0 aliphatic heterocycles. The zero-order chi connectivity index (χ0) is 21.4. The number of carbonyl (C=O) groups excluding carboxylic acids is 2. The van der Waals surface area contributed by atoms with Crippen molar-refractivity contribution in [2.24, 2.45) is 0 Å². The summed E-state index contributed by atoms with van der Waals surface area (Å²) in [6, 6.07) is 15.2. The van der Waals surface area contributed by atoms with Crippen molar-refractivity contribution in [1.82, 2.24) is 10.2 Å². The topological polar surface area (TPSA) is 61.4 Å². The Bertz CT molecular complexity index is 813. The Morgan fingerprint density at radius 3 is 2.21 bits per heavy atom. The van der Waals surface area contributed by atoms with Crippen LogP contribution in [-0.2, 0) is 11.2 Å². The molecule has 156 valence electrons. The van der Waals surface area contributed by atoms with Crippen LogP contribution in [0.4, 0.5) is 5.69 Å². The van der Waals surface area contributed by atoms with Crippen molar-refractivity contribution in [3.8, 4) is 0 Å². The Morgan fingerprint density at radius 1 is 0.966 bits per heavy atom. The monoisotopic (exact) mass is 395 g/mol. The molecule has 2 rings (SSSR count). The molecule has 2 unspecified atom stereocenters. The molecular formula is C24H33N3O2. The maximum atomic E-state index is 12.6. The van der Waals surface area contributed by atoms with Gasteiger partial charge in [-0.05, 0) is 63.4 Å². The Kier molecular flexibility index (Phi) is 8.40. The number of carbonyl (C=O) groups is 2. The predicted octanol–water partition coefficient (Wildman–Crippen LogP) is 4.41. The van der Waals surface area contributed by atoms with E-state index in [1.165, 1.54) is 5.56 Å². The number of nitrogens with zero attached hydrogens (tertiary/aromatic N) is 1. The van der Waals surface area contributed by atoms with Crippen LogP contribution in [0.15, 0.2) is 48.5 Å². The van der Waals surface area contributed by atoms with E-state index in [9.17, 15) is 9.59 Å². The second-order valence-electron chi connectivity index (χ2n) is 7.25. The number of rotatable bonds is 9. The quantitative estimate of drug-likeness (QED) is 0.661. The second kappa shape index (κ2) is 10.8. The number of benzene rings is 2. The minimum atomic E-state index is -0.377. The molecule has 0 fully saturated rings. The highest BCUT2D eigenvalue weighted by Crippen LogP contribution is 2.16. The van der Waals surface area contributed by atoms with Crippen molar-refractivity contribution < 1.29 is 9.59 Å². The lowest BCUT2D eigenvalue weighted by atomic mass is 10.0. The molecule has 0 aromatic heterocycles. The molecule has 0 radical (unpaired) electrons. The Hall–Kier alpha value is -2.66. The van der Waals surface area contributed by atoms with Crippen LogP contribution in [0.25, 0.3) is 0 Å². The molecule has 0 saturated heterocycles. The number of nitrogens with one attached hydrogen (secondary N) is 2. The third kappa shape index (κ3) is 6.16. The lowest BCUT2D eigenvalue weighted by Gasteiger charge is -2.21. The van der Waals surface area contributed by atoms with Gasteiger partial charge in [-0.3, -0.25) is 14.9 Å². The SMILES string of the molecule is CCc1ccc(C(C)NC(C)C(=O)Nc2cccc(C(=O)N(CC)CC)c2)cc1. The van der Waals surface area contributed by atoms with E-state index in [1.807, 2.05) is 27.7 Å². The van der Waals surface area contributed by atoms with E-state index in [-0.39, 0.29) is 23.9 Å². The standard InChI is InChI=1S/C24H33N3O2/c1-6-19-12-14-20(15-13-19)17(4)25-18(5)23(28)26-22-11-9-10-21(16-22)24(29)27(7-2)8-3/h9-18,25H,6-8H2,1-5H3,(H,26,28). The third-order valence-corrected chi connectivity index (χ3v) is 5.21. The van der Waals surface area contributed by atoms with Crippen LogP contribution in [0.1, 0.15) is 62.1 Å². The molecule has 2 N–H and O–H groups in total. The highest BCUT2D eigenvalue weighted by Gasteiger charge is 2.18. The molecule has 0 heterocycles. The van der Waals surface area contributed by atoms with Gasteiger partial charge in [0.15, 0.2) is 0 Å². The summed E-state index contributed by atoms with van der Waals surface area (Å²) in [5.41, 5.74) is 3.65. The molecule has 2 aromatic rings. The molecular weight excluding hydrogens is 362 g/mol. The van der Waals surface area contributed by atoms with Gasteiger partial charge in [-0.15, -0.1) is 0 Å². The lowest BCUT2D eigenvalue weighted by Crippen LogP contribution is -2.39. The molecule has 0 saturated carbocycles. The fourth-order valence-electron chi connectivity index (χ4n) is 3.26. The smallest absolute Gasteiger partial charge is 0.253 e. The fourth-order valence-corrected chi connectivity index (χ4v) is 3.26. The largest absolute Gasteiger partial charge is 0.339 e. The Labute approximate surface area is 174 Å². The van der Waals surface area contributed by atoms with Gasteiger partial charge >= 0.3 is 0 Å². The van der Waals surface area contributed by atoms with Gasteiger partial charge < -0.3 is 10.2 Å². The van der Waals surface area contributed by atoms with Gasteiger partial charge in [0.25, 0.3) is 5.91 Å². The second-order valence-corrected chi connectivity index (χ2v) is 7.25. The highest BCUT2D eigenvalue weighted by molar-refractivity contribution is 5.98. The van der Waals surface area contributed by atoms with E-state index in [1.54, 1.807) is 29.2 Å². The van der Waals surface area contributed by atoms with Crippen LogP contribution in [0, 0.1) is 0 Å². The summed E-state index contributed by atoms with van der Waals surface area (Å²) in [6.45, 7) is 11.3. The van der Waals surface area contributed by atoms with E-state index in [4.69, 9.17) is 0 Å². The average Bonchev–Trinajstić information content (AvgIpc) is 2.74. The van der Waals surface area contributed by atoms with Gasteiger partial charge in [0, 0.05) is 30.4 Å². The first-order chi connectivity index (χ1) is 13.9. The van der Waals surface area contributed by atoms with Crippen LogP contribution in [-0.4, -0.2) is 35.8 Å². The molecule has 29 heavy (non-hydrogen) atoms. The molecule has 0 spiro atoms. The maximum absolute atomic E-state index is 12.6. The van der Waals surface area contributed by atoms with Gasteiger partial charge in [-0.2, -0.15) is 0 Å². The van der Waals surface area contributed by atoms with Crippen molar-refractivity contribution in [3.05, 3.63) is 65.2 Å². The maximum Gasteiger partial charge on any atom is 0.253 e. The fraction of sp³-hybridized carbons (Fsp3) is 0.417. The summed E-state index contributed by atoms with van der Waals surface area (Å²) in [5, 5.41) is 6.26. The zero-order valence-electron chi connectivity index (χ0n) is 18.2. The van der Waals surface area contributed by atoms with E-state index in [0.29, 0.717) is 24.3 Å². The van der Waals surface area contributed by atoms with Gasteiger partial charge in [0.05, 0.1) is 6.04 Å². The minimum Gasteiger partial charge on any atom is -0.339 e. The van der Waals surface area contributed by atoms with Crippen LogP contribution >= 0.6 is 0 Å². The summed E-state index contributed by atoms with van der Waals surface area (Å²) in [7, 11) is 0. The van der Waals surface area contributed by atoms with Crippen molar-refractivity contribution in [3.63, 3.8) is 0 Å². The van der Waals surface area contributed by atoms with Gasteiger partial charge in [0.2, 0.25) is 5.91 Å². The minimum absolute atomic E-state index is 0.0265. The van der Waals surface area contributed by atoms with E-state index >= 15 is 0 Å². The highest BCUT2D eigenvalue weighted by atomic mass is 16.2. The van der Waals surface area contributed by atoms with Crippen LogP contribution in [0.2, 0.25) is 0 Å². The first-order valence-corrected chi connectivity index (χ1v) is 10.4. The molecule has 0 bridgehead atoms. The normalized spacial score (nSPS) is 12.9. The van der Waals surface area contributed by atoms with Crippen molar-refractivity contribution in [1.29, 1.82) is 0 Å². The van der Waals surface area contributed by atoms with Gasteiger partial charge in [0.1, 0.15) is 0 Å². The molecule has 2 aromatic carbocycles. The number of amides is 2. The predicted molar refractivity (Wildman–Crippen MR) is 119 cm³/mol. The molecule has 2 atom stereocenters. The summed E-state index contributed by atoms with van der Waals surface area (Å²) >= 11 is 0.